The molecule has 0 atom stereocenters. The van der Waals surface area contributed by atoms with Gasteiger partial charge in [-0.2, -0.15) is 0 Å². The summed E-state index contributed by atoms with van der Waals surface area (Å²) in [7, 11) is 0. The molecule has 5 heteroatoms. The molecule has 1 N–H and O–H groups in total. The molecule has 0 saturated carbocycles. The van der Waals surface area contributed by atoms with E-state index in [9.17, 15) is 0 Å². The molecule has 3 aromatic heterocycles. The van der Waals surface area contributed by atoms with Crippen LogP contribution in [0.1, 0.15) is 17.3 Å². The van der Waals surface area contributed by atoms with Gasteiger partial charge in [0, 0.05) is 13.1 Å². The molecular formula is C17H20N2O3. The van der Waals surface area contributed by atoms with Gasteiger partial charge in [-0.1, -0.05) is 0 Å². The van der Waals surface area contributed by atoms with E-state index in [4.69, 9.17) is 13.3 Å². The fraction of sp³-hybridized carbons (Fsp3) is 0.294. The topological polar surface area (TPSA) is 54.7 Å². The van der Waals surface area contributed by atoms with Gasteiger partial charge in [-0.25, -0.2) is 0 Å². The van der Waals surface area contributed by atoms with Crippen LogP contribution in [0.5, 0.6) is 0 Å². The summed E-state index contributed by atoms with van der Waals surface area (Å²) in [6, 6.07) is 11.7. The maximum Gasteiger partial charge on any atom is 0.117 e. The molecule has 0 saturated heterocycles. The van der Waals surface area contributed by atoms with E-state index in [0.29, 0.717) is 0 Å². The third-order valence-corrected chi connectivity index (χ3v) is 3.40. The summed E-state index contributed by atoms with van der Waals surface area (Å²) in [6.07, 6.45) is 5.10. The maximum absolute atomic E-state index is 5.44. The molecule has 0 aliphatic heterocycles. The van der Waals surface area contributed by atoms with Gasteiger partial charge in [-0.3, -0.25) is 4.90 Å². The van der Waals surface area contributed by atoms with Gasteiger partial charge >= 0.3 is 0 Å². The average molecular weight is 300 g/mol. The number of rotatable bonds is 9. The van der Waals surface area contributed by atoms with Crippen LogP contribution < -0.4 is 5.32 Å². The molecule has 5 nitrogen and oxygen atoms in total. The van der Waals surface area contributed by atoms with Crippen LogP contribution in [-0.2, 0) is 19.6 Å². The standard InChI is InChI=1S/C17H20N2O3/c1-4-15(20-9-1)12-18-7-8-19(13-16-5-2-10-21-16)14-17-6-3-11-22-17/h1-6,9-11,18H,7-8,12-14H2. The molecule has 0 aliphatic rings. The second kappa shape index (κ2) is 7.68. The van der Waals surface area contributed by atoms with Gasteiger partial charge in [0.2, 0.25) is 0 Å². The fourth-order valence-electron chi connectivity index (χ4n) is 2.32. The highest BCUT2D eigenvalue weighted by atomic mass is 16.3. The Morgan fingerprint density at radius 3 is 1.82 bits per heavy atom. The Hall–Kier alpha value is -2.24. The Morgan fingerprint density at radius 1 is 0.773 bits per heavy atom. The summed E-state index contributed by atoms with van der Waals surface area (Å²) in [5, 5.41) is 3.38. The first kappa shape index (κ1) is 14.7. The van der Waals surface area contributed by atoms with E-state index in [1.54, 1.807) is 18.8 Å². The summed E-state index contributed by atoms with van der Waals surface area (Å²) >= 11 is 0. The zero-order valence-corrected chi connectivity index (χ0v) is 12.4. The van der Waals surface area contributed by atoms with Crippen molar-refractivity contribution in [1.82, 2.24) is 10.2 Å². The van der Waals surface area contributed by atoms with Gasteiger partial charge in [0.25, 0.3) is 0 Å². The molecule has 0 aliphatic carbocycles. The Morgan fingerprint density at radius 2 is 1.32 bits per heavy atom. The quantitative estimate of drug-likeness (QED) is 0.615. The van der Waals surface area contributed by atoms with Gasteiger partial charge in [0.15, 0.2) is 0 Å². The van der Waals surface area contributed by atoms with E-state index in [2.05, 4.69) is 10.2 Å². The van der Waals surface area contributed by atoms with Crippen LogP contribution in [0, 0.1) is 0 Å². The van der Waals surface area contributed by atoms with Gasteiger partial charge in [0.05, 0.1) is 38.4 Å². The van der Waals surface area contributed by atoms with E-state index in [-0.39, 0.29) is 0 Å². The zero-order chi connectivity index (χ0) is 15.0. The zero-order valence-electron chi connectivity index (χ0n) is 12.4. The van der Waals surface area contributed by atoms with Crippen molar-refractivity contribution < 1.29 is 13.3 Å². The number of hydrogen-bond acceptors (Lipinski definition) is 5. The van der Waals surface area contributed by atoms with Crippen LogP contribution in [0.25, 0.3) is 0 Å². The monoisotopic (exact) mass is 300 g/mol. The molecule has 0 spiro atoms. The Bertz CT molecular complexity index is 579. The molecule has 0 bridgehead atoms. The Kier molecular flexibility index (Phi) is 5.13. The van der Waals surface area contributed by atoms with Crippen molar-refractivity contribution in [2.45, 2.75) is 19.6 Å². The van der Waals surface area contributed by atoms with Gasteiger partial charge in [0.1, 0.15) is 17.3 Å². The normalized spacial score (nSPS) is 11.3. The molecular weight excluding hydrogens is 280 g/mol. The van der Waals surface area contributed by atoms with Crippen molar-refractivity contribution in [3.8, 4) is 0 Å². The van der Waals surface area contributed by atoms with E-state index in [1.165, 1.54) is 0 Å². The number of nitrogens with one attached hydrogen (secondary N) is 1. The van der Waals surface area contributed by atoms with Crippen LogP contribution in [0.3, 0.4) is 0 Å². The lowest BCUT2D eigenvalue weighted by Gasteiger charge is -2.20. The number of hydrogen-bond donors (Lipinski definition) is 1. The summed E-state index contributed by atoms with van der Waals surface area (Å²) in [4.78, 5) is 2.28. The first-order valence-electron chi connectivity index (χ1n) is 7.40. The average Bonchev–Trinajstić information content (AvgIpc) is 3.26. The third-order valence-electron chi connectivity index (χ3n) is 3.40. The predicted molar refractivity (Wildman–Crippen MR) is 81.9 cm³/mol. The van der Waals surface area contributed by atoms with Gasteiger partial charge in [-0.15, -0.1) is 0 Å². The van der Waals surface area contributed by atoms with E-state index >= 15 is 0 Å². The van der Waals surface area contributed by atoms with Crippen molar-refractivity contribution in [2.24, 2.45) is 0 Å². The van der Waals surface area contributed by atoms with Crippen LogP contribution >= 0.6 is 0 Å². The van der Waals surface area contributed by atoms with Crippen molar-refractivity contribution in [3.05, 3.63) is 72.5 Å². The Labute approximate surface area is 129 Å². The van der Waals surface area contributed by atoms with E-state index < -0.39 is 0 Å². The SMILES string of the molecule is c1coc(CNCCN(Cc2ccco2)Cc2ccco2)c1. The predicted octanol–water partition coefficient (Wildman–Crippen LogP) is 3.26. The molecule has 22 heavy (non-hydrogen) atoms. The van der Waals surface area contributed by atoms with Gasteiger partial charge < -0.3 is 18.6 Å². The summed E-state index contributed by atoms with van der Waals surface area (Å²) in [5.74, 6) is 2.86. The molecule has 3 heterocycles. The minimum absolute atomic E-state index is 0.738. The Balaban J connectivity index is 1.49. The fourth-order valence-corrected chi connectivity index (χ4v) is 2.32. The molecule has 3 aromatic rings. The van der Waals surface area contributed by atoms with Crippen LogP contribution in [0.2, 0.25) is 0 Å². The lowest BCUT2D eigenvalue weighted by Crippen LogP contribution is -2.31. The first-order valence-corrected chi connectivity index (χ1v) is 7.40. The molecule has 3 rings (SSSR count). The second-order valence-electron chi connectivity index (χ2n) is 5.13. The first-order chi connectivity index (χ1) is 10.9. The number of nitrogens with zero attached hydrogens (tertiary/aromatic N) is 1. The van der Waals surface area contributed by atoms with Gasteiger partial charge in [-0.05, 0) is 36.4 Å². The summed E-state index contributed by atoms with van der Waals surface area (Å²) in [5.41, 5.74) is 0. The summed E-state index contributed by atoms with van der Waals surface area (Å²) in [6.45, 7) is 4.01. The largest absolute Gasteiger partial charge is 0.468 e. The van der Waals surface area contributed by atoms with Crippen LogP contribution in [0.4, 0.5) is 0 Å². The van der Waals surface area contributed by atoms with Crippen LogP contribution in [0.15, 0.2) is 68.4 Å². The molecule has 0 fully saturated rings. The number of furan rings is 3. The van der Waals surface area contributed by atoms with Crippen LogP contribution in [-0.4, -0.2) is 18.0 Å². The van der Waals surface area contributed by atoms with Crippen molar-refractivity contribution in [1.29, 1.82) is 0 Å². The molecule has 0 radical (unpaired) electrons. The summed E-state index contributed by atoms with van der Waals surface area (Å²) < 4.78 is 16.2. The maximum atomic E-state index is 5.44. The van der Waals surface area contributed by atoms with Crippen molar-refractivity contribution in [2.75, 3.05) is 13.1 Å². The third kappa shape index (κ3) is 4.38. The highest BCUT2D eigenvalue weighted by Crippen LogP contribution is 2.10. The highest BCUT2D eigenvalue weighted by molar-refractivity contribution is 5.01. The van der Waals surface area contributed by atoms with Crippen molar-refractivity contribution in [3.63, 3.8) is 0 Å². The molecule has 116 valence electrons. The lowest BCUT2D eigenvalue weighted by molar-refractivity contribution is 0.217. The second-order valence-corrected chi connectivity index (χ2v) is 5.13. The molecule has 0 amide bonds. The molecule has 0 aromatic carbocycles. The molecule has 0 unspecified atom stereocenters. The minimum atomic E-state index is 0.738. The van der Waals surface area contributed by atoms with E-state index in [0.717, 1.165) is 50.0 Å². The lowest BCUT2D eigenvalue weighted by atomic mass is 10.3. The minimum Gasteiger partial charge on any atom is -0.468 e. The van der Waals surface area contributed by atoms with E-state index in [1.807, 2.05) is 36.4 Å². The highest BCUT2D eigenvalue weighted by Gasteiger charge is 2.10. The van der Waals surface area contributed by atoms with Crippen molar-refractivity contribution >= 4 is 0 Å². The smallest absolute Gasteiger partial charge is 0.117 e.